The summed E-state index contributed by atoms with van der Waals surface area (Å²) in [5.41, 5.74) is 5.36. The van der Waals surface area contributed by atoms with Gasteiger partial charge in [0.1, 0.15) is 0 Å². The minimum absolute atomic E-state index is 0.252. The SMILES string of the molecule is C=CCn1c(-c2ccc(Br)cc2)c(C)s/c1=N\NC(=O)c1cccc(Br)c1. The highest BCUT2D eigenvalue weighted by atomic mass is 79.9. The van der Waals surface area contributed by atoms with E-state index in [0.717, 1.165) is 25.1 Å². The van der Waals surface area contributed by atoms with E-state index < -0.39 is 0 Å². The van der Waals surface area contributed by atoms with Crippen molar-refractivity contribution < 1.29 is 4.79 Å². The highest BCUT2D eigenvalue weighted by Crippen LogP contribution is 2.26. The smallest absolute Gasteiger partial charge is 0.271 e. The first-order chi connectivity index (χ1) is 13.0. The molecule has 1 amide bonds. The van der Waals surface area contributed by atoms with Gasteiger partial charge in [0.15, 0.2) is 0 Å². The fourth-order valence-corrected chi connectivity index (χ4v) is 4.30. The van der Waals surface area contributed by atoms with Gasteiger partial charge in [-0.3, -0.25) is 4.79 Å². The van der Waals surface area contributed by atoms with Crippen LogP contribution in [0.25, 0.3) is 11.3 Å². The van der Waals surface area contributed by atoms with E-state index in [1.165, 1.54) is 11.3 Å². The van der Waals surface area contributed by atoms with Gasteiger partial charge in [0.25, 0.3) is 5.91 Å². The molecule has 7 heteroatoms. The first-order valence-electron chi connectivity index (χ1n) is 8.16. The molecule has 27 heavy (non-hydrogen) atoms. The molecule has 0 aliphatic heterocycles. The van der Waals surface area contributed by atoms with Crippen molar-refractivity contribution in [3.8, 4) is 11.3 Å². The van der Waals surface area contributed by atoms with Crippen LogP contribution < -0.4 is 10.2 Å². The third-order valence-electron chi connectivity index (χ3n) is 3.85. The Balaban J connectivity index is 1.99. The Labute approximate surface area is 178 Å². The zero-order valence-electron chi connectivity index (χ0n) is 14.6. The van der Waals surface area contributed by atoms with E-state index in [1.54, 1.807) is 12.1 Å². The van der Waals surface area contributed by atoms with Gasteiger partial charge in [0, 0.05) is 25.9 Å². The third kappa shape index (κ3) is 4.66. The summed E-state index contributed by atoms with van der Waals surface area (Å²) in [6.45, 7) is 6.50. The van der Waals surface area contributed by atoms with Crippen LogP contribution in [-0.4, -0.2) is 10.5 Å². The Morgan fingerprint density at radius 3 is 2.63 bits per heavy atom. The normalized spacial score (nSPS) is 11.4. The highest BCUT2D eigenvalue weighted by molar-refractivity contribution is 9.10. The molecule has 2 aromatic carbocycles. The summed E-state index contributed by atoms with van der Waals surface area (Å²) in [7, 11) is 0. The number of carbonyl (C=O) groups excluding carboxylic acids is 1. The molecule has 0 fully saturated rings. The Bertz CT molecular complexity index is 1050. The zero-order chi connectivity index (χ0) is 19.4. The topological polar surface area (TPSA) is 46.4 Å². The van der Waals surface area contributed by atoms with Crippen molar-refractivity contribution >= 4 is 49.1 Å². The highest BCUT2D eigenvalue weighted by Gasteiger charge is 2.13. The molecule has 0 radical (unpaired) electrons. The monoisotopic (exact) mass is 505 g/mol. The zero-order valence-corrected chi connectivity index (χ0v) is 18.6. The molecule has 0 saturated heterocycles. The first-order valence-corrected chi connectivity index (χ1v) is 10.6. The molecule has 3 aromatic rings. The molecule has 4 nitrogen and oxygen atoms in total. The van der Waals surface area contributed by atoms with Crippen LogP contribution in [0.3, 0.4) is 0 Å². The van der Waals surface area contributed by atoms with Crippen LogP contribution in [0.15, 0.2) is 75.2 Å². The van der Waals surface area contributed by atoms with Gasteiger partial charge in [0.2, 0.25) is 4.80 Å². The average Bonchev–Trinajstić information content (AvgIpc) is 2.96. The number of halogens is 2. The summed E-state index contributed by atoms with van der Waals surface area (Å²) in [5.74, 6) is -0.252. The Morgan fingerprint density at radius 1 is 1.22 bits per heavy atom. The summed E-state index contributed by atoms with van der Waals surface area (Å²) in [5, 5.41) is 4.36. The van der Waals surface area contributed by atoms with Gasteiger partial charge in [-0.25, -0.2) is 5.43 Å². The van der Waals surface area contributed by atoms with Crippen LogP contribution in [0, 0.1) is 6.92 Å². The molecule has 3 rings (SSSR count). The van der Waals surface area contributed by atoms with E-state index in [1.807, 2.05) is 30.3 Å². The van der Waals surface area contributed by atoms with Crippen LogP contribution >= 0.6 is 43.2 Å². The number of rotatable bonds is 5. The van der Waals surface area contributed by atoms with Gasteiger partial charge in [-0.2, -0.15) is 0 Å². The van der Waals surface area contributed by atoms with Crippen molar-refractivity contribution in [1.29, 1.82) is 0 Å². The second-order valence-corrected chi connectivity index (χ2v) is 8.77. The molecule has 0 spiro atoms. The number of hydrogen-bond acceptors (Lipinski definition) is 3. The number of hydrogen-bond donors (Lipinski definition) is 1. The molecule has 0 bridgehead atoms. The van der Waals surface area contributed by atoms with E-state index in [4.69, 9.17) is 0 Å². The molecule has 0 aliphatic rings. The van der Waals surface area contributed by atoms with Crippen LogP contribution in [-0.2, 0) is 6.54 Å². The van der Waals surface area contributed by atoms with Gasteiger partial charge >= 0.3 is 0 Å². The van der Waals surface area contributed by atoms with Gasteiger partial charge in [0.05, 0.1) is 5.69 Å². The van der Waals surface area contributed by atoms with Crippen molar-refractivity contribution in [3.05, 3.63) is 85.4 Å². The Morgan fingerprint density at radius 2 is 1.96 bits per heavy atom. The number of nitrogens with one attached hydrogen (secondary N) is 1. The van der Waals surface area contributed by atoms with Gasteiger partial charge in [-0.1, -0.05) is 67.5 Å². The number of allylic oxidation sites excluding steroid dienone is 1. The molecule has 0 saturated carbocycles. The standard InChI is InChI=1S/C20H17Br2N3OS/c1-3-11-25-18(14-7-9-16(21)10-8-14)13(2)27-20(25)24-23-19(26)15-5-4-6-17(22)12-15/h3-10,12H,1,11H2,2H3,(H,23,26)/b24-20-. The Hall–Kier alpha value is -1.96. The summed E-state index contributed by atoms with van der Waals surface area (Å²) in [6.07, 6.45) is 1.82. The second-order valence-electron chi connectivity index (χ2n) is 5.76. The first kappa shape index (κ1) is 19.8. The number of benzene rings is 2. The van der Waals surface area contributed by atoms with E-state index >= 15 is 0 Å². The van der Waals surface area contributed by atoms with Gasteiger partial charge < -0.3 is 4.57 Å². The van der Waals surface area contributed by atoms with Crippen LogP contribution in [0.5, 0.6) is 0 Å². The van der Waals surface area contributed by atoms with Crippen molar-refractivity contribution in [3.63, 3.8) is 0 Å². The Kier molecular flexibility index (Phi) is 6.46. The molecule has 0 unspecified atom stereocenters. The van der Waals surface area contributed by atoms with Gasteiger partial charge in [-0.15, -0.1) is 11.7 Å². The van der Waals surface area contributed by atoms with Crippen molar-refractivity contribution in [1.82, 2.24) is 9.99 Å². The largest absolute Gasteiger partial charge is 0.311 e. The number of aryl methyl sites for hydroxylation is 1. The maximum Gasteiger partial charge on any atom is 0.271 e. The van der Waals surface area contributed by atoms with Crippen LogP contribution in [0.2, 0.25) is 0 Å². The third-order valence-corrected chi connectivity index (χ3v) is 5.86. The lowest BCUT2D eigenvalue weighted by Gasteiger charge is -2.08. The maximum atomic E-state index is 12.4. The lowest BCUT2D eigenvalue weighted by Crippen LogP contribution is -2.24. The molecule has 138 valence electrons. The van der Waals surface area contributed by atoms with Crippen LogP contribution in [0.1, 0.15) is 15.2 Å². The van der Waals surface area contributed by atoms with E-state index in [2.05, 4.69) is 72.6 Å². The van der Waals surface area contributed by atoms with E-state index in [9.17, 15) is 4.79 Å². The predicted octanol–water partition coefficient (Wildman–Crippen LogP) is 5.48. The quantitative estimate of drug-likeness (QED) is 0.361. The molecule has 0 atom stereocenters. The maximum absolute atomic E-state index is 12.4. The lowest BCUT2D eigenvalue weighted by atomic mass is 10.1. The van der Waals surface area contributed by atoms with Crippen molar-refractivity contribution in [2.45, 2.75) is 13.5 Å². The molecule has 0 aliphatic carbocycles. The molecular weight excluding hydrogens is 490 g/mol. The number of nitrogens with zero attached hydrogens (tertiary/aromatic N) is 2. The number of carbonyl (C=O) groups is 1. The average molecular weight is 507 g/mol. The minimum Gasteiger partial charge on any atom is -0.311 e. The number of amides is 1. The molecule has 1 N–H and O–H groups in total. The second kappa shape index (κ2) is 8.82. The van der Waals surface area contributed by atoms with Crippen molar-refractivity contribution in [2.24, 2.45) is 5.10 Å². The van der Waals surface area contributed by atoms with E-state index in [-0.39, 0.29) is 5.91 Å². The molecular formula is C20H17Br2N3OS. The summed E-state index contributed by atoms with van der Waals surface area (Å²) >= 11 is 8.38. The fourth-order valence-electron chi connectivity index (χ4n) is 2.67. The summed E-state index contributed by atoms with van der Waals surface area (Å²) in [6, 6.07) is 15.3. The minimum atomic E-state index is -0.252. The summed E-state index contributed by atoms with van der Waals surface area (Å²) in [4.78, 5) is 14.2. The van der Waals surface area contributed by atoms with Gasteiger partial charge in [-0.05, 0) is 42.8 Å². The van der Waals surface area contributed by atoms with Crippen molar-refractivity contribution in [2.75, 3.05) is 0 Å². The van der Waals surface area contributed by atoms with Crippen LogP contribution in [0.4, 0.5) is 0 Å². The molecule has 1 aromatic heterocycles. The summed E-state index contributed by atoms with van der Waals surface area (Å²) < 4.78 is 3.93. The number of aromatic nitrogens is 1. The molecule has 1 heterocycles. The van der Waals surface area contributed by atoms with E-state index in [0.29, 0.717) is 16.9 Å². The fraction of sp³-hybridized carbons (Fsp3) is 0.100. The predicted molar refractivity (Wildman–Crippen MR) is 118 cm³/mol. The lowest BCUT2D eigenvalue weighted by molar-refractivity contribution is 0.0953. The number of thiazole rings is 1.